The number of amides is 1. The number of rotatable bonds is 1. The summed E-state index contributed by atoms with van der Waals surface area (Å²) in [5, 5.41) is 9.62. The highest BCUT2D eigenvalue weighted by Gasteiger charge is 2.32. The molecule has 0 radical (unpaired) electrons. The van der Waals surface area contributed by atoms with Crippen LogP contribution < -0.4 is 9.80 Å². The Hall–Kier alpha value is -1.55. The van der Waals surface area contributed by atoms with E-state index in [1.807, 2.05) is 25.2 Å². The van der Waals surface area contributed by atoms with Gasteiger partial charge in [0.25, 0.3) is 0 Å². The molecule has 2 aliphatic rings. The van der Waals surface area contributed by atoms with Crippen molar-refractivity contribution in [1.82, 2.24) is 0 Å². The Morgan fingerprint density at radius 3 is 2.42 bits per heavy atom. The minimum atomic E-state index is -0.158. The number of benzene rings is 1. The van der Waals surface area contributed by atoms with Gasteiger partial charge in [-0.05, 0) is 37.8 Å². The predicted octanol–water partition coefficient (Wildman–Crippen LogP) is 1.77. The zero-order valence-electron chi connectivity index (χ0n) is 11.2. The van der Waals surface area contributed by atoms with Crippen molar-refractivity contribution in [3.05, 3.63) is 24.3 Å². The average Bonchev–Trinajstić information content (AvgIpc) is 2.44. The monoisotopic (exact) mass is 260 g/mol. The minimum absolute atomic E-state index is 0.143. The summed E-state index contributed by atoms with van der Waals surface area (Å²) < 4.78 is 0. The molecular formula is C15H20N2O2. The van der Waals surface area contributed by atoms with Crippen LogP contribution in [0.1, 0.15) is 25.7 Å². The van der Waals surface area contributed by atoms with Gasteiger partial charge in [-0.1, -0.05) is 12.1 Å². The van der Waals surface area contributed by atoms with Crippen molar-refractivity contribution < 1.29 is 9.90 Å². The quantitative estimate of drug-likeness (QED) is 0.837. The van der Waals surface area contributed by atoms with Gasteiger partial charge in [-0.15, -0.1) is 0 Å². The molecule has 1 fully saturated rings. The number of carbonyl (C=O) groups excluding carboxylic acids is 1. The molecule has 1 aliphatic carbocycles. The third kappa shape index (κ3) is 2.21. The maximum atomic E-state index is 12.1. The van der Waals surface area contributed by atoms with Crippen molar-refractivity contribution in [2.75, 3.05) is 23.4 Å². The zero-order chi connectivity index (χ0) is 13.4. The SMILES string of the molecule is CN1C(=O)CN(C2CCC(O)CC2)c2ccccc21. The number of nitrogens with zero attached hydrogens (tertiary/aromatic N) is 2. The van der Waals surface area contributed by atoms with Crippen LogP contribution >= 0.6 is 0 Å². The van der Waals surface area contributed by atoms with Gasteiger partial charge < -0.3 is 14.9 Å². The summed E-state index contributed by atoms with van der Waals surface area (Å²) in [5.74, 6) is 0.143. The molecular weight excluding hydrogens is 240 g/mol. The summed E-state index contributed by atoms with van der Waals surface area (Å²) in [5.41, 5.74) is 2.14. The average molecular weight is 260 g/mol. The molecule has 0 atom stereocenters. The number of likely N-dealkylation sites (N-methyl/N-ethyl adjacent to an activating group) is 1. The molecule has 1 amide bonds. The molecule has 102 valence electrons. The first-order valence-electron chi connectivity index (χ1n) is 6.97. The number of aliphatic hydroxyl groups excluding tert-OH is 1. The molecule has 0 saturated heterocycles. The highest BCUT2D eigenvalue weighted by molar-refractivity contribution is 6.02. The van der Waals surface area contributed by atoms with E-state index in [1.165, 1.54) is 0 Å². The second-order valence-corrected chi connectivity index (χ2v) is 5.53. The molecule has 4 heteroatoms. The van der Waals surface area contributed by atoms with Crippen LogP contribution in [0.15, 0.2) is 24.3 Å². The van der Waals surface area contributed by atoms with Gasteiger partial charge in [0.05, 0.1) is 24.0 Å². The lowest BCUT2D eigenvalue weighted by Gasteiger charge is -2.42. The fraction of sp³-hybridized carbons (Fsp3) is 0.533. The molecule has 1 heterocycles. The molecule has 1 aromatic carbocycles. The van der Waals surface area contributed by atoms with E-state index in [-0.39, 0.29) is 12.0 Å². The Kier molecular flexibility index (Phi) is 3.19. The Labute approximate surface area is 113 Å². The van der Waals surface area contributed by atoms with Crippen LogP contribution in [0, 0.1) is 0 Å². The van der Waals surface area contributed by atoms with Crippen LogP contribution in [0.3, 0.4) is 0 Å². The van der Waals surface area contributed by atoms with Gasteiger partial charge in [-0.2, -0.15) is 0 Å². The van der Waals surface area contributed by atoms with E-state index in [0.717, 1.165) is 37.1 Å². The maximum absolute atomic E-state index is 12.1. The molecule has 1 saturated carbocycles. The van der Waals surface area contributed by atoms with E-state index in [1.54, 1.807) is 4.90 Å². The van der Waals surface area contributed by atoms with Gasteiger partial charge in [-0.3, -0.25) is 4.79 Å². The van der Waals surface area contributed by atoms with Crippen molar-refractivity contribution in [3.63, 3.8) is 0 Å². The second-order valence-electron chi connectivity index (χ2n) is 5.53. The summed E-state index contributed by atoms with van der Waals surface area (Å²) >= 11 is 0. The first kappa shape index (κ1) is 12.5. The van der Waals surface area contributed by atoms with Crippen LogP contribution in [-0.4, -0.2) is 36.8 Å². The predicted molar refractivity (Wildman–Crippen MR) is 75.5 cm³/mol. The first-order chi connectivity index (χ1) is 9.16. The second kappa shape index (κ2) is 4.85. The Balaban J connectivity index is 1.90. The van der Waals surface area contributed by atoms with Crippen LogP contribution in [-0.2, 0) is 4.79 Å². The summed E-state index contributed by atoms with van der Waals surface area (Å²) in [6.07, 6.45) is 3.45. The molecule has 0 aromatic heterocycles. The third-order valence-electron chi connectivity index (χ3n) is 4.34. The van der Waals surface area contributed by atoms with E-state index >= 15 is 0 Å². The Morgan fingerprint density at radius 1 is 1.11 bits per heavy atom. The molecule has 3 rings (SSSR count). The number of hydrogen-bond donors (Lipinski definition) is 1. The molecule has 4 nitrogen and oxygen atoms in total. The molecule has 1 aromatic rings. The van der Waals surface area contributed by atoms with Gasteiger partial charge in [0.15, 0.2) is 0 Å². The smallest absolute Gasteiger partial charge is 0.246 e. The lowest BCUT2D eigenvalue weighted by atomic mass is 9.91. The van der Waals surface area contributed by atoms with Crippen molar-refractivity contribution in [3.8, 4) is 0 Å². The van der Waals surface area contributed by atoms with Crippen molar-refractivity contribution in [1.29, 1.82) is 0 Å². The number of fused-ring (bicyclic) bond motifs is 1. The van der Waals surface area contributed by atoms with Gasteiger partial charge >= 0.3 is 0 Å². The van der Waals surface area contributed by atoms with Crippen LogP contribution in [0.25, 0.3) is 0 Å². The molecule has 0 bridgehead atoms. The van der Waals surface area contributed by atoms with Crippen LogP contribution in [0.4, 0.5) is 11.4 Å². The topological polar surface area (TPSA) is 43.8 Å². The van der Waals surface area contributed by atoms with Crippen molar-refractivity contribution >= 4 is 17.3 Å². The summed E-state index contributed by atoms with van der Waals surface area (Å²) in [7, 11) is 1.84. The summed E-state index contributed by atoms with van der Waals surface area (Å²) in [6.45, 7) is 0.453. The summed E-state index contributed by atoms with van der Waals surface area (Å²) in [4.78, 5) is 16.1. The number of para-hydroxylation sites is 2. The van der Waals surface area contributed by atoms with Gasteiger partial charge in [-0.25, -0.2) is 0 Å². The Bertz CT molecular complexity index is 481. The minimum Gasteiger partial charge on any atom is -0.393 e. The zero-order valence-corrected chi connectivity index (χ0v) is 11.2. The fourth-order valence-corrected chi connectivity index (χ4v) is 3.16. The number of hydrogen-bond acceptors (Lipinski definition) is 3. The normalized spacial score (nSPS) is 27.4. The number of carbonyl (C=O) groups is 1. The standard InChI is InChI=1S/C15H20N2O2/c1-16-13-4-2-3-5-14(13)17(10-15(16)19)11-6-8-12(18)9-7-11/h2-5,11-12,18H,6-10H2,1H3. The van der Waals surface area contributed by atoms with Crippen molar-refractivity contribution in [2.24, 2.45) is 0 Å². The van der Waals surface area contributed by atoms with E-state index in [9.17, 15) is 9.90 Å². The molecule has 19 heavy (non-hydrogen) atoms. The Morgan fingerprint density at radius 2 is 1.74 bits per heavy atom. The van der Waals surface area contributed by atoms with Gasteiger partial charge in [0.1, 0.15) is 0 Å². The largest absolute Gasteiger partial charge is 0.393 e. The van der Waals surface area contributed by atoms with Gasteiger partial charge in [0, 0.05) is 13.1 Å². The first-order valence-corrected chi connectivity index (χ1v) is 6.97. The van der Waals surface area contributed by atoms with E-state index in [0.29, 0.717) is 12.6 Å². The summed E-state index contributed by atoms with van der Waals surface area (Å²) in [6, 6.07) is 8.45. The number of anilines is 2. The lowest BCUT2D eigenvalue weighted by molar-refractivity contribution is -0.117. The maximum Gasteiger partial charge on any atom is 0.246 e. The molecule has 0 unspecified atom stereocenters. The third-order valence-corrected chi connectivity index (χ3v) is 4.34. The molecule has 1 aliphatic heterocycles. The van der Waals surface area contributed by atoms with Crippen LogP contribution in [0.5, 0.6) is 0 Å². The molecule has 0 spiro atoms. The highest BCUT2D eigenvalue weighted by Crippen LogP contribution is 2.36. The van der Waals surface area contributed by atoms with Crippen LogP contribution in [0.2, 0.25) is 0 Å². The fourth-order valence-electron chi connectivity index (χ4n) is 3.16. The van der Waals surface area contributed by atoms with E-state index < -0.39 is 0 Å². The van der Waals surface area contributed by atoms with Gasteiger partial charge in [0.2, 0.25) is 5.91 Å². The lowest BCUT2D eigenvalue weighted by Crippen LogP contribution is -2.49. The number of aliphatic hydroxyl groups is 1. The highest BCUT2D eigenvalue weighted by atomic mass is 16.3. The van der Waals surface area contributed by atoms with Crippen molar-refractivity contribution in [2.45, 2.75) is 37.8 Å². The molecule has 1 N–H and O–H groups in total. The van der Waals surface area contributed by atoms with E-state index in [2.05, 4.69) is 11.0 Å². The van der Waals surface area contributed by atoms with E-state index in [4.69, 9.17) is 0 Å².